The quantitative estimate of drug-likeness (QED) is 0.670. The molecule has 30 heavy (non-hydrogen) atoms. The summed E-state index contributed by atoms with van der Waals surface area (Å²) in [6, 6.07) is 10.9. The molecule has 9 heteroatoms. The molecule has 1 saturated heterocycles. The number of hydrogen-bond donors (Lipinski definition) is 2. The Bertz CT molecular complexity index is 919. The summed E-state index contributed by atoms with van der Waals surface area (Å²) in [5.74, 6) is 0.950. The van der Waals surface area contributed by atoms with Gasteiger partial charge in [0.15, 0.2) is 0 Å². The van der Waals surface area contributed by atoms with E-state index < -0.39 is 0 Å². The van der Waals surface area contributed by atoms with Gasteiger partial charge in [0.05, 0.1) is 11.8 Å². The predicted molar refractivity (Wildman–Crippen MR) is 116 cm³/mol. The van der Waals surface area contributed by atoms with E-state index in [9.17, 15) is 14.4 Å². The van der Waals surface area contributed by atoms with Gasteiger partial charge in [-0.1, -0.05) is 30.8 Å². The lowest BCUT2D eigenvalue weighted by molar-refractivity contribution is -0.118. The minimum absolute atomic E-state index is 0.247. The number of aryl methyl sites for hydroxylation is 1. The number of pyridine rings is 1. The molecule has 3 rings (SSSR count). The normalized spacial score (nSPS) is 15.6. The van der Waals surface area contributed by atoms with E-state index in [-0.39, 0.29) is 22.4 Å². The fourth-order valence-electron chi connectivity index (χ4n) is 2.83. The van der Waals surface area contributed by atoms with E-state index in [4.69, 9.17) is 4.74 Å². The van der Waals surface area contributed by atoms with E-state index in [1.54, 1.807) is 13.2 Å². The molecule has 2 aromatic rings. The van der Waals surface area contributed by atoms with Gasteiger partial charge in [-0.15, -0.1) is 0 Å². The summed E-state index contributed by atoms with van der Waals surface area (Å²) in [7, 11) is 1.69. The van der Waals surface area contributed by atoms with Crippen molar-refractivity contribution in [3.05, 3.63) is 53.7 Å². The van der Waals surface area contributed by atoms with E-state index in [2.05, 4.69) is 15.6 Å². The number of thioether (sulfide) groups is 1. The van der Waals surface area contributed by atoms with E-state index in [1.807, 2.05) is 43.3 Å². The van der Waals surface area contributed by atoms with Crippen LogP contribution in [0.1, 0.15) is 18.1 Å². The third kappa shape index (κ3) is 5.96. The van der Waals surface area contributed by atoms with Crippen molar-refractivity contribution in [2.45, 2.75) is 25.0 Å². The molecule has 8 nitrogen and oxygen atoms in total. The molecule has 0 aliphatic carbocycles. The molecular weight excluding hydrogens is 404 g/mol. The first-order valence-corrected chi connectivity index (χ1v) is 10.5. The molecule has 0 bridgehead atoms. The van der Waals surface area contributed by atoms with Crippen molar-refractivity contribution in [1.29, 1.82) is 0 Å². The number of ether oxygens (including phenoxy) is 1. The van der Waals surface area contributed by atoms with Gasteiger partial charge >= 0.3 is 6.03 Å². The van der Waals surface area contributed by atoms with Crippen molar-refractivity contribution >= 4 is 34.8 Å². The number of benzene rings is 1. The zero-order chi connectivity index (χ0) is 21.5. The van der Waals surface area contributed by atoms with Crippen LogP contribution in [-0.4, -0.2) is 52.5 Å². The SMILES string of the molecule is CCc1ccnc(NC(=O)N(C)CCOc2ccc(CC3SC(=O)NC3=O)cc2)c1. The number of nitrogens with zero attached hydrogens (tertiary/aromatic N) is 2. The Balaban J connectivity index is 1.42. The van der Waals surface area contributed by atoms with Crippen molar-refractivity contribution in [1.82, 2.24) is 15.2 Å². The molecule has 1 aliphatic heterocycles. The smallest absolute Gasteiger partial charge is 0.322 e. The monoisotopic (exact) mass is 428 g/mol. The molecule has 2 N–H and O–H groups in total. The number of rotatable bonds is 8. The number of likely N-dealkylation sites (N-methyl/N-ethyl adjacent to an activating group) is 1. The van der Waals surface area contributed by atoms with Crippen LogP contribution in [0.4, 0.5) is 15.4 Å². The van der Waals surface area contributed by atoms with Gasteiger partial charge < -0.3 is 9.64 Å². The summed E-state index contributed by atoms with van der Waals surface area (Å²) < 4.78 is 5.70. The molecule has 1 atom stereocenters. The topological polar surface area (TPSA) is 101 Å². The van der Waals surface area contributed by atoms with E-state index in [1.165, 1.54) is 4.90 Å². The Morgan fingerprint density at radius 2 is 2.00 bits per heavy atom. The summed E-state index contributed by atoms with van der Waals surface area (Å²) in [5.41, 5.74) is 2.05. The second-order valence-corrected chi connectivity index (χ2v) is 8.01. The van der Waals surface area contributed by atoms with Crippen LogP contribution in [0, 0.1) is 0 Å². The number of imide groups is 1. The third-order valence-corrected chi connectivity index (χ3v) is 5.60. The van der Waals surface area contributed by atoms with Crippen LogP contribution >= 0.6 is 11.8 Å². The first-order chi connectivity index (χ1) is 14.4. The van der Waals surface area contributed by atoms with Gasteiger partial charge in [0.1, 0.15) is 18.2 Å². The van der Waals surface area contributed by atoms with Crippen molar-refractivity contribution < 1.29 is 19.1 Å². The third-order valence-electron chi connectivity index (χ3n) is 4.62. The zero-order valence-electron chi connectivity index (χ0n) is 16.9. The minimum Gasteiger partial charge on any atom is -0.492 e. The molecule has 1 aromatic carbocycles. The Labute approximate surface area is 179 Å². The minimum atomic E-state index is -0.385. The van der Waals surface area contributed by atoms with E-state index in [0.29, 0.717) is 31.1 Å². The molecule has 0 radical (unpaired) electrons. The van der Waals surface area contributed by atoms with Crippen molar-refractivity contribution in [2.24, 2.45) is 0 Å². The Kier molecular flexibility index (Phi) is 7.29. The van der Waals surface area contributed by atoms with Gasteiger partial charge in [-0.05, 0) is 48.2 Å². The number of carbonyl (C=O) groups is 3. The number of hydrogen-bond acceptors (Lipinski definition) is 6. The van der Waals surface area contributed by atoms with Gasteiger partial charge in [0.2, 0.25) is 5.91 Å². The Hall–Kier alpha value is -3.07. The zero-order valence-corrected chi connectivity index (χ0v) is 17.7. The first kappa shape index (κ1) is 21.6. The second-order valence-electron chi connectivity index (χ2n) is 6.83. The van der Waals surface area contributed by atoms with Gasteiger partial charge in [0.25, 0.3) is 5.24 Å². The summed E-state index contributed by atoms with van der Waals surface area (Å²) >= 11 is 1.02. The van der Waals surface area contributed by atoms with Crippen molar-refractivity contribution in [3.63, 3.8) is 0 Å². The largest absolute Gasteiger partial charge is 0.492 e. The number of nitrogens with one attached hydrogen (secondary N) is 2. The van der Waals surface area contributed by atoms with Crippen LogP contribution in [0.2, 0.25) is 0 Å². The molecule has 1 aromatic heterocycles. The highest BCUT2D eigenvalue weighted by atomic mass is 32.2. The summed E-state index contributed by atoms with van der Waals surface area (Å²) in [5, 5.41) is 4.38. The number of carbonyl (C=O) groups excluding carboxylic acids is 3. The molecule has 1 aliphatic rings. The maximum absolute atomic E-state index is 12.3. The van der Waals surface area contributed by atoms with E-state index >= 15 is 0 Å². The molecule has 0 spiro atoms. The molecule has 0 saturated carbocycles. The maximum atomic E-state index is 12.3. The molecule has 1 fully saturated rings. The number of amides is 4. The van der Waals surface area contributed by atoms with Crippen LogP contribution in [-0.2, 0) is 17.6 Å². The summed E-state index contributed by atoms with van der Waals surface area (Å²) in [6.45, 7) is 2.78. The van der Waals surface area contributed by atoms with Gasteiger partial charge in [-0.3, -0.25) is 20.2 Å². The van der Waals surface area contributed by atoms with E-state index in [0.717, 1.165) is 29.3 Å². The fraction of sp³-hybridized carbons (Fsp3) is 0.333. The van der Waals surface area contributed by atoms with Gasteiger partial charge in [-0.25, -0.2) is 9.78 Å². The first-order valence-electron chi connectivity index (χ1n) is 9.65. The van der Waals surface area contributed by atoms with Crippen molar-refractivity contribution in [3.8, 4) is 5.75 Å². The number of aromatic nitrogens is 1. The van der Waals surface area contributed by atoms with Crippen LogP contribution in [0.15, 0.2) is 42.6 Å². The Morgan fingerprint density at radius 1 is 1.23 bits per heavy atom. The van der Waals surface area contributed by atoms with Crippen LogP contribution in [0.5, 0.6) is 5.75 Å². The summed E-state index contributed by atoms with van der Waals surface area (Å²) in [4.78, 5) is 40.8. The summed E-state index contributed by atoms with van der Waals surface area (Å²) in [6.07, 6.45) is 3.04. The highest BCUT2D eigenvalue weighted by Gasteiger charge is 2.31. The van der Waals surface area contributed by atoms with Gasteiger partial charge in [-0.2, -0.15) is 0 Å². The lowest BCUT2D eigenvalue weighted by Crippen LogP contribution is -2.34. The predicted octanol–water partition coefficient (Wildman–Crippen LogP) is 3.08. The second kappa shape index (κ2) is 10.1. The van der Waals surface area contributed by atoms with Crippen LogP contribution in [0.3, 0.4) is 0 Å². The van der Waals surface area contributed by atoms with Crippen LogP contribution < -0.4 is 15.4 Å². The number of anilines is 1. The molecule has 2 heterocycles. The van der Waals surface area contributed by atoms with Crippen LogP contribution in [0.25, 0.3) is 0 Å². The van der Waals surface area contributed by atoms with Gasteiger partial charge in [0, 0.05) is 13.2 Å². The number of urea groups is 1. The molecule has 4 amide bonds. The maximum Gasteiger partial charge on any atom is 0.322 e. The average molecular weight is 429 g/mol. The fourth-order valence-corrected chi connectivity index (χ4v) is 3.69. The average Bonchev–Trinajstić information content (AvgIpc) is 3.05. The molecule has 158 valence electrons. The lowest BCUT2D eigenvalue weighted by Gasteiger charge is -2.18. The van der Waals surface area contributed by atoms with Crippen molar-refractivity contribution in [2.75, 3.05) is 25.5 Å². The molecular formula is C21H24N4O4S. The standard InChI is InChI=1S/C21H24N4O4S/c1-3-14-8-9-22-18(13-14)23-20(27)25(2)10-11-29-16-6-4-15(5-7-16)12-17-19(26)24-21(28)30-17/h4-9,13,17H,3,10-12H2,1-2H3,(H,22,23,27)(H,24,26,28). The highest BCUT2D eigenvalue weighted by molar-refractivity contribution is 8.15. The lowest BCUT2D eigenvalue weighted by atomic mass is 10.1. The Morgan fingerprint density at radius 3 is 2.67 bits per heavy atom. The highest BCUT2D eigenvalue weighted by Crippen LogP contribution is 2.23. The molecule has 1 unspecified atom stereocenters.